The van der Waals surface area contributed by atoms with Crippen molar-refractivity contribution in [1.82, 2.24) is 15.8 Å². The lowest BCUT2D eigenvalue weighted by Gasteiger charge is -2.27. The smallest absolute Gasteiger partial charge is 0.319 e. The molecule has 0 spiro atoms. The van der Waals surface area contributed by atoms with Crippen LogP contribution in [0.1, 0.15) is 23.6 Å². The number of hydrogen-bond donors (Lipinski definition) is 3. The number of aryl methyl sites for hydroxylation is 1. The first-order chi connectivity index (χ1) is 10.5. The van der Waals surface area contributed by atoms with E-state index in [2.05, 4.69) is 21.1 Å². The first kappa shape index (κ1) is 14.3. The van der Waals surface area contributed by atoms with E-state index in [1.54, 1.807) is 19.9 Å². The van der Waals surface area contributed by atoms with E-state index < -0.39 is 6.04 Å². The molecule has 2 aromatic rings. The molecule has 1 aliphatic rings. The Hall–Kier alpha value is -2.61. The Morgan fingerprint density at radius 3 is 2.91 bits per heavy atom. The van der Waals surface area contributed by atoms with E-state index in [0.29, 0.717) is 22.8 Å². The van der Waals surface area contributed by atoms with E-state index in [9.17, 15) is 9.59 Å². The number of amides is 3. The van der Waals surface area contributed by atoms with Crippen LogP contribution >= 0.6 is 11.3 Å². The van der Waals surface area contributed by atoms with E-state index in [4.69, 9.17) is 4.52 Å². The number of hydrogen-bond acceptors (Lipinski definition) is 5. The average molecular weight is 318 g/mol. The summed E-state index contributed by atoms with van der Waals surface area (Å²) in [5, 5.41) is 13.7. The maximum absolute atomic E-state index is 12.6. The molecule has 0 bridgehead atoms. The van der Waals surface area contributed by atoms with Gasteiger partial charge in [0.05, 0.1) is 11.6 Å². The summed E-state index contributed by atoms with van der Waals surface area (Å²) in [4.78, 5) is 25.1. The molecule has 0 aromatic carbocycles. The first-order valence-electron chi connectivity index (χ1n) is 6.61. The van der Waals surface area contributed by atoms with Crippen LogP contribution in [0.4, 0.5) is 10.6 Å². The van der Waals surface area contributed by atoms with Crippen molar-refractivity contribution in [2.24, 2.45) is 0 Å². The summed E-state index contributed by atoms with van der Waals surface area (Å²) in [6.07, 6.45) is 0. The highest BCUT2D eigenvalue weighted by molar-refractivity contribution is 7.10. The van der Waals surface area contributed by atoms with Gasteiger partial charge in [0.2, 0.25) is 0 Å². The van der Waals surface area contributed by atoms with Crippen molar-refractivity contribution in [2.75, 3.05) is 5.32 Å². The van der Waals surface area contributed by atoms with Gasteiger partial charge in [0.25, 0.3) is 5.91 Å². The highest BCUT2D eigenvalue weighted by Gasteiger charge is 2.32. The molecule has 3 rings (SSSR count). The monoisotopic (exact) mass is 318 g/mol. The van der Waals surface area contributed by atoms with Crippen molar-refractivity contribution in [3.05, 3.63) is 45.5 Å². The molecule has 8 heteroatoms. The third kappa shape index (κ3) is 2.73. The number of aromatic nitrogens is 1. The second-order valence-corrected chi connectivity index (χ2v) is 5.84. The van der Waals surface area contributed by atoms with Crippen molar-refractivity contribution in [3.63, 3.8) is 0 Å². The number of nitrogens with one attached hydrogen (secondary N) is 3. The van der Waals surface area contributed by atoms with E-state index in [1.807, 2.05) is 17.5 Å². The van der Waals surface area contributed by atoms with Gasteiger partial charge >= 0.3 is 6.03 Å². The number of carbonyl (C=O) groups is 2. The summed E-state index contributed by atoms with van der Waals surface area (Å²) in [5.74, 6) is 0.604. The third-order valence-corrected chi connectivity index (χ3v) is 4.15. The minimum atomic E-state index is -0.484. The molecule has 0 fully saturated rings. The second kappa shape index (κ2) is 5.64. The van der Waals surface area contributed by atoms with Gasteiger partial charge in [0.1, 0.15) is 5.76 Å². The fourth-order valence-corrected chi connectivity index (χ4v) is 3.06. The number of nitrogens with zero attached hydrogens (tertiary/aromatic N) is 1. The molecule has 3 amide bonds. The second-order valence-electron chi connectivity index (χ2n) is 4.86. The Balaban J connectivity index is 1.91. The summed E-state index contributed by atoms with van der Waals surface area (Å²) in [7, 11) is 0. The first-order valence-corrected chi connectivity index (χ1v) is 7.49. The molecule has 2 aromatic heterocycles. The Bertz CT molecular complexity index is 748. The largest absolute Gasteiger partial charge is 0.360 e. The van der Waals surface area contributed by atoms with Gasteiger partial charge in [-0.2, -0.15) is 0 Å². The Morgan fingerprint density at radius 1 is 1.45 bits per heavy atom. The molecule has 0 unspecified atom stereocenters. The van der Waals surface area contributed by atoms with Crippen LogP contribution in [0.3, 0.4) is 0 Å². The van der Waals surface area contributed by atoms with Crippen molar-refractivity contribution in [3.8, 4) is 0 Å². The van der Waals surface area contributed by atoms with Crippen LogP contribution < -0.4 is 16.0 Å². The van der Waals surface area contributed by atoms with Gasteiger partial charge in [-0.05, 0) is 25.3 Å². The molecule has 114 valence electrons. The molecule has 1 aliphatic heterocycles. The van der Waals surface area contributed by atoms with Gasteiger partial charge in [-0.1, -0.05) is 11.2 Å². The summed E-state index contributed by atoms with van der Waals surface area (Å²) in [5.41, 5.74) is 0.961. The normalized spacial score (nSPS) is 17.9. The topological polar surface area (TPSA) is 96.3 Å². The number of carbonyl (C=O) groups excluding carboxylic acids is 2. The van der Waals surface area contributed by atoms with Gasteiger partial charge in [-0.15, -0.1) is 11.3 Å². The van der Waals surface area contributed by atoms with Crippen molar-refractivity contribution in [2.45, 2.75) is 19.9 Å². The van der Waals surface area contributed by atoms with Crippen LogP contribution in [0.25, 0.3) is 0 Å². The molecule has 3 N–H and O–H groups in total. The fraction of sp³-hybridized carbons (Fsp3) is 0.214. The molecular formula is C14H14N4O3S. The van der Waals surface area contributed by atoms with Gasteiger partial charge in [-0.25, -0.2) is 4.79 Å². The van der Waals surface area contributed by atoms with Gasteiger partial charge < -0.3 is 20.5 Å². The van der Waals surface area contributed by atoms with Crippen LogP contribution in [0.2, 0.25) is 0 Å². The van der Waals surface area contributed by atoms with E-state index in [1.165, 1.54) is 11.3 Å². The summed E-state index contributed by atoms with van der Waals surface area (Å²) in [6.45, 7) is 3.44. The minimum Gasteiger partial charge on any atom is -0.360 e. The number of rotatable bonds is 3. The third-order valence-electron chi connectivity index (χ3n) is 3.21. The van der Waals surface area contributed by atoms with Gasteiger partial charge in [0, 0.05) is 16.6 Å². The molecule has 0 saturated heterocycles. The predicted octanol–water partition coefficient (Wildman–Crippen LogP) is 2.31. The van der Waals surface area contributed by atoms with E-state index in [0.717, 1.165) is 4.88 Å². The van der Waals surface area contributed by atoms with Crippen LogP contribution in [0, 0.1) is 6.92 Å². The highest BCUT2D eigenvalue weighted by atomic mass is 32.1. The van der Waals surface area contributed by atoms with Crippen LogP contribution in [-0.2, 0) is 4.79 Å². The Kier molecular flexibility index (Phi) is 3.68. The molecular weight excluding hydrogens is 304 g/mol. The molecule has 0 aliphatic carbocycles. The van der Waals surface area contributed by atoms with E-state index >= 15 is 0 Å². The lowest BCUT2D eigenvalue weighted by molar-refractivity contribution is -0.113. The Morgan fingerprint density at radius 2 is 2.27 bits per heavy atom. The maximum atomic E-state index is 12.6. The molecule has 22 heavy (non-hydrogen) atoms. The zero-order valence-corrected chi connectivity index (χ0v) is 12.8. The minimum absolute atomic E-state index is 0.329. The van der Waals surface area contributed by atoms with Crippen LogP contribution in [0.5, 0.6) is 0 Å². The van der Waals surface area contributed by atoms with Crippen LogP contribution in [0.15, 0.2) is 39.4 Å². The SMILES string of the molecule is CC1=C(C(=O)Nc2cc(C)on2)[C@@H](c2cccs2)NC(=O)N1. The molecule has 0 saturated carbocycles. The number of allylic oxidation sites excluding steroid dienone is 1. The maximum Gasteiger partial charge on any atom is 0.319 e. The summed E-state index contributed by atoms with van der Waals surface area (Å²) in [6, 6.07) is 4.57. The number of thiophene rings is 1. The Labute approximate surface area is 130 Å². The predicted molar refractivity (Wildman–Crippen MR) is 81.3 cm³/mol. The zero-order valence-electron chi connectivity index (χ0n) is 12.0. The zero-order chi connectivity index (χ0) is 15.7. The fourth-order valence-electron chi connectivity index (χ4n) is 2.27. The van der Waals surface area contributed by atoms with E-state index in [-0.39, 0.29) is 11.9 Å². The lowest BCUT2D eigenvalue weighted by Crippen LogP contribution is -2.45. The van der Waals surface area contributed by atoms with Crippen LogP contribution in [-0.4, -0.2) is 17.1 Å². The van der Waals surface area contributed by atoms with Gasteiger partial charge in [0.15, 0.2) is 5.82 Å². The average Bonchev–Trinajstić information content (AvgIpc) is 3.09. The summed E-state index contributed by atoms with van der Waals surface area (Å²) >= 11 is 1.47. The highest BCUT2D eigenvalue weighted by Crippen LogP contribution is 2.30. The molecule has 3 heterocycles. The lowest BCUT2D eigenvalue weighted by atomic mass is 10.0. The summed E-state index contributed by atoms with van der Waals surface area (Å²) < 4.78 is 4.93. The quantitative estimate of drug-likeness (QED) is 0.809. The molecule has 7 nitrogen and oxygen atoms in total. The number of urea groups is 1. The number of anilines is 1. The van der Waals surface area contributed by atoms with Crippen molar-refractivity contribution >= 4 is 29.1 Å². The van der Waals surface area contributed by atoms with Crippen molar-refractivity contribution in [1.29, 1.82) is 0 Å². The van der Waals surface area contributed by atoms with Crippen molar-refractivity contribution < 1.29 is 14.1 Å². The van der Waals surface area contributed by atoms with Gasteiger partial charge in [-0.3, -0.25) is 4.79 Å². The molecule has 1 atom stereocenters. The molecule has 0 radical (unpaired) electrons. The standard InChI is InChI=1S/C14H14N4O3S/c1-7-6-10(18-21-7)16-13(19)11-8(2)15-14(20)17-12(11)9-4-3-5-22-9/h3-6,12H,1-2H3,(H2,15,17,20)(H,16,18,19)/t12-/m1/s1.